The summed E-state index contributed by atoms with van der Waals surface area (Å²) in [6, 6.07) is 3.58. The third kappa shape index (κ3) is 3.91. The van der Waals surface area contributed by atoms with E-state index in [-0.39, 0.29) is 5.92 Å². The SMILES string of the molecule is COc1cc(OC)c(Cl)c(-c2cc3cnc(SC)nc3c(C3CCOCC3)n2)c1Cl. The van der Waals surface area contributed by atoms with Gasteiger partial charge in [0.05, 0.1) is 41.2 Å². The first-order valence-corrected chi connectivity index (χ1v) is 11.4. The second kappa shape index (κ2) is 9.14. The van der Waals surface area contributed by atoms with Gasteiger partial charge in [-0.3, -0.25) is 4.98 Å². The lowest BCUT2D eigenvalue weighted by Gasteiger charge is -2.23. The smallest absolute Gasteiger partial charge is 0.187 e. The predicted octanol–water partition coefficient (Wildman–Crippen LogP) is 5.63. The Labute approximate surface area is 189 Å². The van der Waals surface area contributed by atoms with E-state index in [1.807, 2.05) is 18.5 Å². The molecule has 2 aromatic heterocycles. The highest BCUT2D eigenvalue weighted by Gasteiger charge is 2.25. The minimum Gasteiger partial charge on any atom is -0.495 e. The molecule has 1 aromatic carbocycles. The molecule has 0 atom stereocenters. The third-order valence-electron chi connectivity index (χ3n) is 5.19. The molecule has 1 aliphatic rings. The van der Waals surface area contributed by atoms with Crippen LogP contribution in [0.15, 0.2) is 23.5 Å². The standard InChI is InChI=1S/C21H21Cl2N3O3S/c1-27-14-9-15(28-2)18(23)16(17(14)22)13-8-12-10-24-21(30-3)26-20(12)19(25-13)11-4-6-29-7-5-11/h8-11H,4-7H2,1-3H3. The predicted molar refractivity (Wildman–Crippen MR) is 120 cm³/mol. The van der Waals surface area contributed by atoms with E-state index in [0.717, 1.165) is 29.4 Å². The Morgan fingerprint density at radius 1 is 1.03 bits per heavy atom. The van der Waals surface area contributed by atoms with E-state index in [1.165, 1.54) is 11.8 Å². The molecule has 158 valence electrons. The van der Waals surface area contributed by atoms with Crippen molar-refractivity contribution in [2.45, 2.75) is 23.9 Å². The number of benzene rings is 1. The van der Waals surface area contributed by atoms with E-state index in [2.05, 4.69) is 4.98 Å². The van der Waals surface area contributed by atoms with Crippen molar-refractivity contribution in [3.05, 3.63) is 34.1 Å². The van der Waals surface area contributed by atoms with Crippen LogP contribution in [0, 0.1) is 0 Å². The molecule has 1 aliphatic heterocycles. The summed E-state index contributed by atoms with van der Waals surface area (Å²) in [7, 11) is 3.11. The Morgan fingerprint density at radius 3 is 2.30 bits per heavy atom. The molecule has 4 rings (SSSR count). The van der Waals surface area contributed by atoms with Crippen molar-refractivity contribution in [1.82, 2.24) is 15.0 Å². The van der Waals surface area contributed by atoms with Crippen LogP contribution in [-0.4, -0.2) is 48.6 Å². The van der Waals surface area contributed by atoms with Gasteiger partial charge in [0.15, 0.2) is 5.16 Å². The summed E-state index contributed by atoms with van der Waals surface area (Å²) in [6.45, 7) is 1.40. The van der Waals surface area contributed by atoms with Crippen LogP contribution in [0.1, 0.15) is 24.5 Å². The van der Waals surface area contributed by atoms with Gasteiger partial charge in [-0.15, -0.1) is 0 Å². The van der Waals surface area contributed by atoms with Gasteiger partial charge in [0.1, 0.15) is 11.5 Å². The molecule has 0 bridgehead atoms. The van der Waals surface area contributed by atoms with Crippen molar-refractivity contribution in [3.63, 3.8) is 0 Å². The van der Waals surface area contributed by atoms with E-state index in [4.69, 9.17) is 47.4 Å². The number of thioether (sulfide) groups is 1. The molecular formula is C21H21Cl2N3O3S. The average molecular weight is 466 g/mol. The molecule has 9 heteroatoms. The molecule has 6 nitrogen and oxygen atoms in total. The maximum absolute atomic E-state index is 6.66. The zero-order valence-electron chi connectivity index (χ0n) is 16.9. The summed E-state index contributed by atoms with van der Waals surface area (Å²) in [6.07, 6.45) is 5.54. The molecule has 0 saturated carbocycles. The average Bonchev–Trinajstić information content (AvgIpc) is 2.79. The van der Waals surface area contributed by atoms with Crippen molar-refractivity contribution in [1.29, 1.82) is 0 Å². The monoisotopic (exact) mass is 465 g/mol. The lowest BCUT2D eigenvalue weighted by molar-refractivity contribution is 0.0848. The number of ether oxygens (including phenoxy) is 3. The van der Waals surface area contributed by atoms with Gasteiger partial charge in [0.2, 0.25) is 0 Å². The lowest BCUT2D eigenvalue weighted by atomic mass is 9.93. The maximum Gasteiger partial charge on any atom is 0.187 e. The number of rotatable bonds is 5. The highest BCUT2D eigenvalue weighted by atomic mass is 35.5. The summed E-state index contributed by atoms with van der Waals surface area (Å²) in [4.78, 5) is 14.2. The highest BCUT2D eigenvalue weighted by Crippen LogP contribution is 2.46. The molecular weight excluding hydrogens is 445 g/mol. The molecule has 0 radical (unpaired) electrons. The molecule has 0 spiro atoms. The van der Waals surface area contributed by atoms with Crippen LogP contribution < -0.4 is 9.47 Å². The fraction of sp³-hybridized carbons (Fsp3) is 0.381. The van der Waals surface area contributed by atoms with Crippen molar-refractivity contribution in [2.75, 3.05) is 33.7 Å². The molecule has 0 N–H and O–H groups in total. The minimum atomic E-state index is 0.232. The molecule has 30 heavy (non-hydrogen) atoms. The fourth-order valence-corrected chi connectivity index (χ4v) is 4.68. The van der Waals surface area contributed by atoms with Gasteiger partial charge in [-0.2, -0.15) is 0 Å². The number of aromatic nitrogens is 3. The van der Waals surface area contributed by atoms with Gasteiger partial charge >= 0.3 is 0 Å². The fourth-order valence-electron chi connectivity index (χ4n) is 3.64. The van der Waals surface area contributed by atoms with Crippen molar-refractivity contribution >= 4 is 45.9 Å². The van der Waals surface area contributed by atoms with E-state index in [0.29, 0.717) is 51.2 Å². The van der Waals surface area contributed by atoms with Crippen LogP contribution in [0.25, 0.3) is 22.2 Å². The normalized spacial score (nSPS) is 14.8. The van der Waals surface area contributed by atoms with Gasteiger partial charge in [-0.05, 0) is 25.2 Å². The summed E-state index contributed by atoms with van der Waals surface area (Å²) in [5.41, 5.74) is 2.97. The van der Waals surface area contributed by atoms with Gasteiger partial charge in [-0.25, -0.2) is 9.97 Å². The summed E-state index contributed by atoms with van der Waals surface area (Å²) in [5, 5.41) is 2.36. The molecule has 0 aliphatic carbocycles. The van der Waals surface area contributed by atoms with Crippen LogP contribution in [0.4, 0.5) is 0 Å². The second-order valence-electron chi connectivity index (χ2n) is 6.86. The maximum atomic E-state index is 6.66. The molecule has 1 saturated heterocycles. The van der Waals surface area contributed by atoms with Crippen molar-refractivity contribution < 1.29 is 14.2 Å². The Hall–Kier alpha value is -1.80. The zero-order valence-corrected chi connectivity index (χ0v) is 19.2. The van der Waals surface area contributed by atoms with Gasteiger partial charge in [0, 0.05) is 42.3 Å². The lowest BCUT2D eigenvalue weighted by Crippen LogP contribution is -2.16. The van der Waals surface area contributed by atoms with Crippen LogP contribution >= 0.6 is 35.0 Å². The van der Waals surface area contributed by atoms with Gasteiger partial charge < -0.3 is 14.2 Å². The number of fused-ring (bicyclic) bond motifs is 1. The van der Waals surface area contributed by atoms with E-state index in [9.17, 15) is 0 Å². The molecule has 0 unspecified atom stereocenters. The summed E-state index contributed by atoms with van der Waals surface area (Å²) in [5.74, 6) is 1.17. The quantitative estimate of drug-likeness (QED) is 0.357. The molecule has 3 aromatic rings. The number of halogens is 2. The summed E-state index contributed by atoms with van der Waals surface area (Å²) >= 11 is 14.8. The van der Waals surface area contributed by atoms with Gasteiger partial charge in [-0.1, -0.05) is 35.0 Å². The first kappa shape index (κ1) is 21.4. The van der Waals surface area contributed by atoms with Gasteiger partial charge in [0.25, 0.3) is 0 Å². The molecule has 0 amide bonds. The number of hydrogen-bond donors (Lipinski definition) is 0. The van der Waals surface area contributed by atoms with E-state index >= 15 is 0 Å². The minimum absolute atomic E-state index is 0.232. The van der Waals surface area contributed by atoms with Crippen molar-refractivity contribution in [2.24, 2.45) is 0 Å². The number of hydrogen-bond acceptors (Lipinski definition) is 7. The Kier molecular flexibility index (Phi) is 6.53. The Bertz CT molecular complexity index is 1060. The van der Waals surface area contributed by atoms with Crippen LogP contribution in [0.2, 0.25) is 10.0 Å². The number of pyridine rings is 1. The first-order valence-electron chi connectivity index (χ1n) is 9.47. The zero-order chi connectivity index (χ0) is 21.3. The Balaban J connectivity index is 1.99. The highest BCUT2D eigenvalue weighted by molar-refractivity contribution is 7.98. The largest absolute Gasteiger partial charge is 0.495 e. The molecule has 3 heterocycles. The van der Waals surface area contributed by atoms with Crippen LogP contribution in [0.5, 0.6) is 11.5 Å². The third-order valence-corrected chi connectivity index (χ3v) is 6.50. The number of nitrogens with zero attached hydrogens (tertiary/aromatic N) is 3. The van der Waals surface area contributed by atoms with Crippen LogP contribution in [0.3, 0.4) is 0 Å². The van der Waals surface area contributed by atoms with Crippen LogP contribution in [-0.2, 0) is 4.74 Å². The molecule has 1 fully saturated rings. The number of methoxy groups -OCH3 is 2. The topological polar surface area (TPSA) is 66.4 Å². The first-order chi connectivity index (χ1) is 14.6. The second-order valence-corrected chi connectivity index (χ2v) is 8.39. The summed E-state index contributed by atoms with van der Waals surface area (Å²) < 4.78 is 16.4. The van der Waals surface area contributed by atoms with E-state index in [1.54, 1.807) is 20.3 Å². The van der Waals surface area contributed by atoms with Crippen molar-refractivity contribution in [3.8, 4) is 22.8 Å². The van der Waals surface area contributed by atoms with E-state index < -0.39 is 0 Å². The Morgan fingerprint density at radius 2 is 1.70 bits per heavy atom.